The van der Waals surface area contributed by atoms with Gasteiger partial charge in [-0.25, -0.2) is 0 Å². The monoisotopic (exact) mass is 334 g/mol. The van der Waals surface area contributed by atoms with E-state index in [9.17, 15) is 14.7 Å². The van der Waals surface area contributed by atoms with Gasteiger partial charge in [0.1, 0.15) is 6.10 Å². The minimum atomic E-state index is -0.951. The van der Waals surface area contributed by atoms with E-state index in [0.29, 0.717) is 12.8 Å². The summed E-state index contributed by atoms with van der Waals surface area (Å²) in [6.07, 6.45) is 9.99. The van der Waals surface area contributed by atoms with Gasteiger partial charge in [0.25, 0.3) is 0 Å². The minimum absolute atomic E-state index is 0.0101. The fourth-order valence-electron chi connectivity index (χ4n) is 3.64. The number of allylic oxidation sites excluding steroid dienone is 5. The molecule has 0 aromatic heterocycles. The number of carbonyl (C=O) groups excluding carboxylic acids is 2. The quantitative estimate of drug-likeness (QED) is 0.472. The standard InChI is InChI=1S/C20H30O4/c1-14(8-7-9-15(2)21)10-11-18-19(4,5)12-17(24-16(3)22)13-20(18,6)23/h7-11,17-18,23H,12-13H2,1-6H3/b9-7+,11-10+,14-8+/t17-,18?,20+/m0/s1. The molecule has 0 heterocycles. The Balaban J connectivity index is 2.92. The normalized spacial score (nSPS) is 30.7. The van der Waals surface area contributed by atoms with E-state index in [2.05, 4.69) is 13.8 Å². The third-order valence-electron chi connectivity index (χ3n) is 4.48. The van der Waals surface area contributed by atoms with E-state index in [-0.39, 0.29) is 29.2 Å². The van der Waals surface area contributed by atoms with Gasteiger partial charge in [0.05, 0.1) is 5.60 Å². The molecule has 1 rings (SSSR count). The van der Waals surface area contributed by atoms with E-state index in [0.717, 1.165) is 5.57 Å². The molecule has 1 unspecified atom stereocenters. The fraction of sp³-hybridized carbons (Fsp3) is 0.600. The highest BCUT2D eigenvalue weighted by Crippen LogP contribution is 2.47. The summed E-state index contributed by atoms with van der Waals surface area (Å²) in [6.45, 7) is 10.8. The zero-order chi connectivity index (χ0) is 18.5. The van der Waals surface area contributed by atoms with Crippen molar-refractivity contribution in [1.29, 1.82) is 0 Å². The van der Waals surface area contributed by atoms with Crippen LogP contribution >= 0.6 is 0 Å². The van der Waals surface area contributed by atoms with Crippen molar-refractivity contribution in [3.05, 3.63) is 36.0 Å². The van der Waals surface area contributed by atoms with Gasteiger partial charge in [-0.05, 0) is 38.7 Å². The first-order chi connectivity index (χ1) is 10.9. The van der Waals surface area contributed by atoms with E-state index < -0.39 is 5.60 Å². The van der Waals surface area contributed by atoms with Crippen molar-refractivity contribution in [3.8, 4) is 0 Å². The molecule has 4 nitrogen and oxygen atoms in total. The summed E-state index contributed by atoms with van der Waals surface area (Å²) in [5, 5.41) is 10.9. The summed E-state index contributed by atoms with van der Waals surface area (Å²) in [5.41, 5.74) is -0.150. The van der Waals surface area contributed by atoms with Crippen LogP contribution in [0.4, 0.5) is 0 Å². The van der Waals surface area contributed by atoms with E-state index >= 15 is 0 Å². The lowest BCUT2D eigenvalue weighted by atomic mass is 9.61. The van der Waals surface area contributed by atoms with E-state index in [1.54, 1.807) is 13.0 Å². The SMILES string of the molecule is CC(=O)/C=C/C=C(C)/C=C/C1C(C)(C)C[C@H](OC(C)=O)C[C@@]1(C)O. The zero-order valence-corrected chi connectivity index (χ0v) is 15.6. The van der Waals surface area contributed by atoms with Crippen molar-refractivity contribution in [2.24, 2.45) is 11.3 Å². The molecule has 4 heteroatoms. The fourth-order valence-corrected chi connectivity index (χ4v) is 3.64. The highest BCUT2D eigenvalue weighted by molar-refractivity contribution is 5.87. The maximum absolute atomic E-state index is 11.2. The molecule has 0 spiro atoms. The summed E-state index contributed by atoms with van der Waals surface area (Å²) in [6, 6.07) is 0. The molecular formula is C20H30O4. The number of ketones is 1. The lowest BCUT2D eigenvalue weighted by molar-refractivity contribution is -0.163. The average molecular weight is 334 g/mol. The van der Waals surface area contributed by atoms with Gasteiger partial charge in [-0.3, -0.25) is 9.59 Å². The Labute approximate surface area is 145 Å². The Morgan fingerprint density at radius 2 is 1.71 bits per heavy atom. The molecule has 0 saturated heterocycles. The van der Waals surface area contributed by atoms with Crippen molar-refractivity contribution in [2.75, 3.05) is 0 Å². The van der Waals surface area contributed by atoms with Crippen LogP contribution in [0.3, 0.4) is 0 Å². The number of esters is 1. The maximum Gasteiger partial charge on any atom is 0.302 e. The largest absolute Gasteiger partial charge is 0.462 e. The summed E-state index contributed by atoms with van der Waals surface area (Å²) in [5.74, 6) is -0.357. The summed E-state index contributed by atoms with van der Waals surface area (Å²) >= 11 is 0. The van der Waals surface area contributed by atoms with Gasteiger partial charge in [0.2, 0.25) is 0 Å². The van der Waals surface area contributed by atoms with Crippen LogP contribution in [0.15, 0.2) is 36.0 Å². The maximum atomic E-state index is 11.2. The topological polar surface area (TPSA) is 63.6 Å². The molecule has 24 heavy (non-hydrogen) atoms. The van der Waals surface area contributed by atoms with E-state index in [4.69, 9.17) is 4.74 Å². The predicted molar refractivity (Wildman–Crippen MR) is 95.4 cm³/mol. The first-order valence-corrected chi connectivity index (χ1v) is 8.37. The third kappa shape index (κ3) is 6.08. The van der Waals surface area contributed by atoms with Crippen LogP contribution < -0.4 is 0 Å². The molecule has 1 saturated carbocycles. The van der Waals surface area contributed by atoms with Crippen molar-refractivity contribution in [2.45, 2.75) is 66.1 Å². The number of rotatable bonds is 5. The third-order valence-corrected chi connectivity index (χ3v) is 4.48. The van der Waals surface area contributed by atoms with Gasteiger partial charge in [0, 0.05) is 19.3 Å². The smallest absolute Gasteiger partial charge is 0.302 e. The molecule has 0 aromatic rings. The van der Waals surface area contributed by atoms with Crippen molar-refractivity contribution in [3.63, 3.8) is 0 Å². The molecule has 0 aliphatic heterocycles. The summed E-state index contributed by atoms with van der Waals surface area (Å²) in [4.78, 5) is 22.1. The van der Waals surface area contributed by atoms with Gasteiger partial charge in [-0.15, -0.1) is 0 Å². The summed E-state index contributed by atoms with van der Waals surface area (Å²) < 4.78 is 5.34. The first kappa shape index (κ1) is 20.4. The molecule has 0 radical (unpaired) electrons. The van der Waals surface area contributed by atoms with Gasteiger partial charge in [-0.2, -0.15) is 0 Å². The lowest BCUT2D eigenvalue weighted by Gasteiger charge is -2.49. The number of ether oxygens (including phenoxy) is 1. The highest BCUT2D eigenvalue weighted by Gasteiger charge is 2.48. The second-order valence-corrected chi connectivity index (χ2v) is 7.70. The van der Waals surface area contributed by atoms with Crippen molar-refractivity contribution in [1.82, 2.24) is 0 Å². The molecule has 0 bridgehead atoms. The zero-order valence-electron chi connectivity index (χ0n) is 15.6. The summed E-state index contributed by atoms with van der Waals surface area (Å²) in [7, 11) is 0. The number of hydrogen-bond donors (Lipinski definition) is 1. The molecule has 1 aliphatic carbocycles. The van der Waals surface area contributed by atoms with Crippen LogP contribution in [0.5, 0.6) is 0 Å². The van der Waals surface area contributed by atoms with Crippen LogP contribution in [0.2, 0.25) is 0 Å². The second-order valence-electron chi connectivity index (χ2n) is 7.70. The lowest BCUT2D eigenvalue weighted by Crippen LogP contribution is -2.51. The average Bonchev–Trinajstić information content (AvgIpc) is 2.34. The van der Waals surface area contributed by atoms with Crippen molar-refractivity contribution >= 4 is 11.8 Å². The van der Waals surface area contributed by atoms with Gasteiger partial charge in [0.15, 0.2) is 5.78 Å². The molecule has 3 atom stereocenters. The van der Waals surface area contributed by atoms with Gasteiger partial charge < -0.3 is 9.84 Å². The Kier molecular flexibility index (Phi) is 6.73. The number of aliphatic hydroxyl groups is 1. The highest BCUT2D eigenvalue weighted by atomic mass is 16.5. The van der Waals surface area contributed by atoms with Crippen LogP contribution in [-0.2, 0) is 14.3 Å². The number of carbonyl (C=O) groups is 2. The second kappa shape index (κ2) is 7.93. The number of hydrogen-bond acceptors (Lipinski definition) is 4. The van der Waals surface area contributed by atoms with Gasteiger partial charge >= 0.3 is 5.97 Å². The molecule has 1 aliphatic rings. The Morgan fingerprint density at radius 1 is 1.08 bits per heavy atom. The van der Waals surface area contributed by atoms with Crippen LogP contribution in [0.25, 0.3) is 0 Å². The Bertz CT molecular complexity index is 546. The molecule has 0 amide bonds. The van der Waals surface area contributed by atoms with Crippen molar-refractivity contribution < 1.29 is 19.4 Å². The Morgan fingerprint density at radius 3 is 2.21 bits per heavy atom. The van der Waals surface area contributed by atoms with E-state index in [1.165, 1.54) is 19.9 Å². The van der Waals surface area contributed by atoms with Gasteiger partial charge in [-0.1, -0.05) is 43.7 Å². The van der Waals surface area contributed by atoms with Crippen LogP contribution in [-0.4, -0.2) is 28.6 Å². The van der Waals surface area contributed by atoms with Crippen LogP contribution in [0.1, 0.15) is 54.4 Å². The Hall–Kier alpha value is -1.68. The first-order valence-electron chi connectivity index (χ1n) is 8.37. The van der Waals surface area contributed by atoms with E-state index in [1.807, 2.05) is 25.2 Å². The predicted octanol–water partition coefficient (Wildman–Crippen LogP) is 3.75. The van der Waals surface area contributed by atoms with Crippen LogP contribution in [0, 0.1) is 11.3 Å². The minimum Gasteiger partial charge on any atom is -0.462 e. The molecule has 134 valence electrons. The molecular weight excluding hydrogens is 304 g/mol. The molecule has 1 N–H and O–H groups in total. The molecule has 0 aromatic carbocycles. The molecule has 1 fully saturated rings.